The maximum absolute atomic E-state index is 11.7. The number of amides is 1. The first-order valence-electron chi connectivity index (χ1n) is 8.71. The Hall–Kier alpha value is -1.38. The third kappa shape index (κ3) is 4.81. The summed E-state index contributed by atoms with van der Waals surface area (Å²) in [6.45, 7) is 2.68. The number of carbonyl (C=O) groups is 1. The molecule has 2 aliphatic heterocycles. The van der Waals surface area contributed by atoms with E-state index in [1.165, 1.54) is 0 Å². The third-order valence-electron chi connectivity index (χ3n) is 4.45. The average molecular weight is 340 g/mol. The molecule has 8 nitrogen and oxygen atoms in total. The van der Waals surface area contributed by atoms with Gasteiger partial charge in [0.15, 0.2) is 11.7 Å². The molecule has 1 saturated carbocycles. The number of nitrogens with zero attached hydrogens (tertiary/aromatic N) is 2. The maximum atomic E-state index is 11.7. The zero-order valence-electron chi connectivity index (χ0n) is 14.5. The molecule has 1 atom stereocenters. The van der Waals surface area contributed by atoms with Crippen molar-refractivity contribution < 1.29 is 19.0 Å². The number of rotatable bonds is 5. The molecule has 1 amide bonds. The lowest BCUT2D eigenvalue weighted by molar-refractivity contribution is -0.210. The van der Waals surface area contributed by atoms with Crippen molar-refractivity contribution in [1.29, 1.82) is 0 Å². The van der Waals surface area contributed by atoms with Gasteiger partial charge in [-0.2, -0.15) is 0 Å². The number of guanidine groups is 1. The van der Waals surface area contributed by atoms with E-state index in [0.717, 1.165) is 25.7 Å². The van der Waals surface area contributed by atoms with E-state index in [0.29, 0.717) is 38.4 Å². The summed E-state index contributed by atoms with van der Waals surface area (Å²) < 4.78 is 17.4. The number of ether oxygens (including phenoxy) is 3. The summed E-state index contributed by atoms with van der Waals surface area (Å²) in [4.78, 5) is 17.6. The van der Waals surface area contributed by atoms with Gasteiger partial charge in [-0.05, 0) is 12.8 Å². The quantitative estimate of drug-likeness (QED) is 0.528. The van der Waals surface area contributed by atoms with E-state index in [4.69, 9.17) is 14.2 Å². The molecule has 2 heterocycles. The molecule has 24 heavy (non-hydrogen) atoms. The van der Waals surface area contributed by atoms with Crippen LogP contribution in [-0.4, -0.2) is 81.7 Å². The van der Waals surface area contributed by atoms with E-state index in [1.54, 1.807) is 19.0 Å². The van der Waals surface area contributed by atoms with Crippen LogP contribution in [0.5, 0.6) is 0 Å². The van der Waals surface area contributed by atoms with Gasteiger partial charge in [-0.15, -0.1) is 0 Å². The lowest BCUT2D eigenvalue weighted by Crippen LogP contribution is -2.44. The van der Waals surface area contributed by atoms with Crippen molar-refractivity contribution in [3.8, 4) is 0 Å². The van der Waals surface area contributed by atoms with Gasteiger partial charge in [0.25, 0.3) is 0 Å². The largest absolute Gasteiger partial charge is 0.381 e. The molecule has 2 N–H and O–H groups in total. The number of nitrogens with one attached hydrogen (secondary N) is 2. The van der Waals surface area contributed by atoms with Crippen molar-refractivity contribution in [2.24, 2.45) is 4.99 Å². The van der Waals surface area contributed by atoms with Crippen molar-refractivity contribution in [2.45, 2.75) is 43.6 Å². The van der Waals surface area contributed by atoms with E-state index in [1.807, 2.05) is 0 Å². The Morgan fingerprint density at radius 2 is 2.04 bits per heavy atom. The van der Waals surface area contributed by atoms with Crippen molar-refractivity contribution in [3.63, 3.8) is 0 Å². The Balaban J connectivity index is 1.48. The van der Waals surface area contributed by atoms with Gasteiger partial charge < -0.3 is 29.7 Å². The molecule has 1 unspecified atom stereocenters. The van der Waals surface area contributed by atoms with E-state index in [9.17, 15) is 4.79 Å². The van der Waals surface area contributed by atoms with E-state index < -0.39 is 5.79 Å². The molecule has 1 aliphatic carbocycles. The zero-order chi connectivity index (χ0) is 17.0. The molecule has 1 spiro atoms. The standard InChI is InChI=1S/C16H28N4O4/c1-20(2)14(21)10-18-15(19-12-3-4-12)17-9-13-11-23-16(24-13)5-7-22-8-6-16/h12-13H,3-11H2,1-2H3,(H2,17,18,19). The molecule has 3 rings (SSSR count). The number of hydrogen-bond acceptors (Lipinski definition) is 5. The highest BCUT2D eigenvalue weighted by atomic mass is 16.7. The summed E-state index contributed by atoms with van der Waals surface area (Å²) in [6, 6.07) is 0.466. The van der Waals surface area contributed by atoms with Gasteiger partial charge in [0, 0.05) is 39.5 Å². The smallest absolute Gasteiger partial charge is 0.243 e. The van der Waals surface area contributed by atoms with Crippen LogP contribution in [0.2, 0.25) is 0 Å². The normalized spacial score (nSPS) is 26.4. The fourth-order valence-corrected chi connectivity index (χ4v) is 2.73. The summed E-state index contributed by atoms with van der Waals surface area (Å²) >= 11 is 0. The van der Waals surface area contributed by atoms with E-state index >= 15 is 0 Å². The third-order valence-corrected chi connectivity index (χ3v) is 4.45. The molecule has 0 bridgehead atoms. The molecule has 3 aliphatic rings. The van der Waals surface area contributed by atoms with Crippen molar-refractivity contribution in [3.05, 3.63) is 0 Å². The highest BCUT2D eigenvalue weighted by molar-refractivity contribution is 5.85. The Labute approximate surface area is 142 Å². The number of hydrogen-bond donors (Lipinski definition) is 2. The van der Waals surface area contributed by atoms with Crippen molar-refractivity contribution in [1.82, 2.24) is 15.5 Å². The van der Waals surface area contributed by atoms with Gasteiger partial charge >= 0.3 is 0 Å². The minimum atomic E-state index is -0.466. The lowest BCUT2D eigenvalue weighted by Gasteiger charge is -2.31. The second-order valence-electron chi connectivity index (χ2n) is 6.83. The van der Waals surface area contributed by atoms with Crippen LogP contribution in [0.4, 0.5) is 0 Å². The predicted octanol–water partition coefficient (Wildman–Crippen LogP) is -0.306. The van der Waals surface area contributed by atoms with Crippen LogP contribution in [0.25, 0.3) is 0 Å². The first-order valence-corrected chi connectivity index (χ1v) is 8.71. The van der Waals surface area contributed by atoms with Gasteiger partial charge in [0.1, 0.15) is 12.6 Å². The number of aliphatic imine (C=N–C) groups is 1. The minimum Gasteiger partial charge on any atom is -0.381 e. The SMILES string of the molecule is CN(C)C(=O)CN=C(NCC1COC2(CCOCC2)O1)NC1CC1. The highest BCUT2D eigenvalue weighted by Crippen LogP contribution is 2.32. The van der Waals surface area contributed by atoms with Crippen LogP contribution in [0.3, 0.4) is 0 Å². The Bertz CT molecular complexity index is 473. The molecular weight excluding hydrogens is 312 g/mol. The van der Waals surface area contributed by atoms with Gasteiger partial charge in [0.05, 0.1) is 19.8 Å². The first kappa shape index (κ1) is 17.4. The van der Waals surface area contributed by atoms with Crippen LogP contribution in [-0.2, 0) is 19.0 Å². The molecule has 3 fully saturated rings. The molecule has 2 saturated heterocycles. The Morgan fingerprint density at radius 3 is 2.71 bits per heavy atom. The maximum Gasteiger partial charge on any atom is 0.243 e. The summed E-state index contributed by atoms with van der Waals surface area (Å²) in [7, 11) is 3.46. The lowest BCUT2D eigenvalue weighted by atomic mass is 10.1. The summed E-state index contributed by atoms with van der Waals surface area (Å²) in [5.41, 5.74) is 0. The van der Waals surface area contributed by atoms with Crippen LogP contribution in [0, 0.1) is 0 Å². The molecule has 0 aromatic rings. The van der Waals surface area contributed by atoms with Crippen LogP contribution < -0.4 is 10.6 Å². The monoisotopic (exact) mass is 340 g/mol. The minimum absolute atomic E-state index is 0.0150. The molecule has 0 aromatic carbocycles. The molecule has 0 aromatic heterocycles. The molecule has 8 heteroatoms. The highest BCUT2D eigenvalue weighted by Gasteiger charge is 2.42. The van der Waals surface area contributed by atoms with Crippen LogP contribution in [0.15, 0.2) is 4.99 Å². The van der Waals surface area contributed by atoms with Crippen molar-refractivity contribution >= 4 is 11.9 Å². The number of likely N-dealkylation sites (N-methyl/N-ethyl adjacent to an activating group) is 1. The topological polar surface area (TPSA) is 84.4 Å². The fraction of sp³-hybridized carbons (Fsp3) is 0.875. The molecule has 0 radical (unpaired) electrons. The van der Waals surface area contributed by atoms with Crippen LogP contribution in [0.1, 0.15) is 25.7 Å². The predicted molar refractivity (Wildman–Crippen MR) is 88.8 cm³/mol. The Kier molecular flexibility index (Phi) is 5.57. The summed E-state index contributed by atoms with van der Waals surface area (Å²) in [6.07, 6.45) is 3.84. The Morgan fingerprint density at radius 1 is 1.29 bits per heavy atom. The van der Waals surface area contributed by atoms with E-state index in [2.05, 4.69) is 15.6 Å². The summed E-state index contributed by atoms with van der Waals surface area (Å²) in [5, 5.41) is 6.61. The molecule has 136 valence electrons. The fourth-order valence-electron chi connectivity index (χ4n) is 2.73. The van der Waals surface area contributed by atoms with Gasteiger partial charge in [-0.3, -0.25) is 4.79 Å². The van der Waals surface area contributed by atoms with Gasteiger partial charge in [-0.25, -0.2) is 4.99 Å². The average Bonchev–Trinajstić information content (AvgIpc) is 3.31. The van der Waals surface area contributed by atoms with Crippen LogP contribution >= 0.6 is 0 Å². The van der Waals surface area contributed by atoms with Crippen molar-refractivity contribution in [2.75, 3.05) is 47.0 Å². The second kappa shape index (κ2) is 7.67. The van der Waals surface area contributed by atoms with Gasteiger partial charge in [0.2, 0.25) is 5.91 Å². The van der Waals surface area contributed by atoms with Gasteiger partial charge in [-0.1, -0.05) is 0 Å². The van der Waals surface area contributed by atoms with E-state index in [-0.39, 0.29) is 18.6 Å². The number of carbonyl (C=O) groups excluding carboxylic acids is 1. The first-order chi connectivity index (χ1) is 11.6. The zero-order valence-corrected chi connectivity index (χ0v) is 14.5. The summed E-state index contributed by atoms with van der Waals surface area (Å²) in [5.74, 6) is 0.185. The second-order valence-corrected chi connectivity index (χ2v) is 6.83. The molecular formula is C16H28N4O4.